The predicted octanol–water partition coefficient (Wildman–Crippen LogP) is 2.42. The van der Waals surface area contributed by atoms with Gasteiger partial charge in [0.1, 0.15) is 5.75 Å². The molecule has 86 valence electrons. The minimum Gasteiger partial charge on any atom is -0.508 e. The summed E-state index contributed by atoms with van der Waals surface area (Å²) >= 11 is 0. The standard InChI is InChI=1S/C14H19NO/c16-13-4-1-3-11(9-13)14(6-2-7-14)12-5-8-15-10-12/h1,3-4,9,12,15-16H,2,5-8,10H2. The number of hydrogen-bond acceptors (Lipinski definition) is 2. The molecule has 0 spiro atoms. The molecule has 1 heterocycles. The SMILES string of the molecule is Oc1cccc(C2(C3CCNC3)CCC2)c1. The summed E-state index contributed by atoms with van der Waals surface area (Å²) in [5.74, 6) is 1.18. The van der Waals surface area contributed by atoms with E-state index >= 15 is 0 Å². The fourth-order valence-corrected chi connectivity index (χ4v) is 3.43. The van der Waals surface area contributed by atoms with Gasteiger partial charge in [-0.2, -0.15) is 0 Å². The van der Waals surface area contributed by atoms with Crippen LogP contribution >= 0.6 is 0 Å². The van der Waals surface area contributed by atoms with E-state index in [1.165, 1.54) is 31.2 Å². The first-order chi connectivity index (χ1) is 7.81. The van der Waals surface area contributed by atoms with E-state index in [-0.39, 0.29) is 0 Å². The maximum Gasteiger partial charge on any atom is 0.115 e. The van der Waals surface area contributed by atoms with Crippen molar-refractivity contribution >= 4 is 0 Å². The van der Waals surface area contributed by atoms with E-state index in [4.69, 9.17) is 0 Å². The Kier molecular flexibility index (Phi) is 2.40. The lowest BCUT2D eigenvalue weighted by Gasteiger charge is -2.47. The monoisotopic (exact) mass is 217 g/mol. The van der Waals surface area contributed by atoms with Gasteiger partial charge in [0, 0.05) is 0 Å². The number of hydrogen-bond donors (Lipinski definition) is 2. The highest BCUT2D eigenvalue weighted by Gasteiger charge is 2.46. The van der Waals surface area contributed by atoms with E-state index in [2.05, 4.69) is 11.4 Å². The van der Waals surface area contributed by atoms with Crippen LogP contribution in [0, 0.1) is 5.92 Å². The third kappa shape index (κ3) is 1.44. The molecular weight excluding hydrogens is 198 g/mol. The quantitative estimate of drug-likeness (QED) is 0.797. The zero-order valence-corrected chi connectivity index (χ0v) is 9.58. The Morgan fingerprint density at radius 2 is 2.19 bits per heavy atom. The van der Waals surface area contributed by atoms with Crippen LogP contribution in [-0.2, 0) is 5.41 Å². The molecule has 2 nitrogen and oxygen atoms in total. The van der Waals surface area contributed by atoms with Crippen LogP contribution in [0.1, 0.15) is 31.2 Å². The lowest BCUT2D eigenvalue weighted by Crippen LogP contribution is -2.42. The lowest BCUT2D eigenvalue weighted by molar-refractivity contribution is 0.156. The van der Waals surface area contributed by atoms with E-state index in [1.54, 1.807) is 6.07 Å². The van der Waals surface area contributed by atoms with Crippen LogP contribution in [-0.4, -0.2) is 18.2 Å². The van der Waals surface area contributed by atoms with Crippen molar-refractivity contribution in [1.29, 1.82) is 0 Å². The van der Waals surface area contributed by atoms with Crippen LogP contribution in [0.4, 0.5) is 0 Å². The molecule has 1 aliphatic carbocycles. The Morgan fingerprint density at radius 3 is 2.75 bits per heavy atom. The summed E-state index contributed by atoms with van der Waals surface area (Å²) in [7, 11) is 0. The van der Waals surface area contributed by atoms with Crippen LogP contribution in [0.5, 0.6) is 5.75 Å². The van der Waals surface area contributed by atoms with Crippen LogP contribution < -0.4 is 5.32 Å². The smallest absolute Gasteiger partial charge is 0.115 e. The Balaban J connectivity index is 1.94. The Hall–Kier alpha value is -1.02. The molecule has 2 fully saturated rings. The molecule has 3 rings (SSSR count). The molecule has 1 aromatic carbocycles. The van der Waals surface area contributed by atoms with E-state index in [0.29, 0.717) is 11.2 Å². The average Bonchev–Trinajstić information content (AvgIpc) is 2.70. The molecule has 2 N–H and O–H groups in total. The zero-order valence-electron chi connectivity index (χ0n) is 9.58. The highest BCUT2D eigenvalue weighted by molar-refractivity contribution is 5.35. The summed E-state index contributed by atoms with van der Waals surface area (Å²) in [5, 5.41) is 13.1. The van der Waals surface area contributed by atoms with Gasteiger partial charge in [0.15, 0.2) is 0 Å². The Bertz CT molecular complexity index is 378. The number of nitrogens with one attached hydrogen (secondary N) is 1. The first-order valence-electron chi connectivity index (χ1n) is 6.31. The van der Waals surface area contributed by atoms with Gasteiger partial charge in [0.25, 0.3) is 0 Å². The summed E-state index contributed by atoms with van der Waals surface area (Å²) in [5.41, 5.74) is 1.72. The first-order valence-corrected chi connectivity index (χ1v) is 6.31. The van der Waals surface area contributed by atoms with Crippen molar-refractivity contribution < 1.29 is 5.11 Å². The normalized spacial score (nSPS) is 27.6. The topological polar surface area (TPSA) is 32.3 Å². The van der Waals surface area contributed by atoms with Gasteiger partial charge in [-0.1, -0.05) is 18.6 Å². The van der Waals surface area contributed by atoms with E-state index in [1.807, 2.05) is 12.1 Å². The predicted molar refractivity (Wildman–Crippen MR) is 64.6 cm³/mol. The van der Waals surface area contributed by atoms with Crippen molar-refractivity contribution in [2.24, 2.45) is 5.92 Å². The van der Waals surface area contributed by atoms with Crippen molar-refractivity contribution in [2.75, 3.05) is 13.1 Å². The summed E-state index contributed by atoms with van der Waals surface area (Å²) in [4.78, 5) is 0. The molecule has 2 aliphatic rings. The second-order valence-corrected chi connectivity index (χ2v) is 5.25. The number of aromatic hydroxyl groups is 1. The molecular formula is C14H19NO. The van der Waals surface area contributed by atoms with E-state index in [0.717, 1.165) is 19.0 Å². The van der Waals surface area contributed by atoms with Gasteiger partial charge in [-0.15, -0.1) is 0 Å². The van der Waals surface area contributed by atoms with Gasteiger partial charge in [-0.3, -0.25) is 0 Å². The zero-order chi connectivity index (χ0) is 11.0. The second kappa shape index (κ2) is 3.77. The molecule has 1 aromatic rings. The van der Waals surface area contributed by atoms with E-state index < -0.39 is 0 Å². The van der Waals surface area contributed by atoms with Crippen molar-refractivity contribution in [3.63, 3.8) is 0 Å². The summed E-state index contributed by atoms with van der Waals surface area (Å²) in [6.45, 7) is 2.31. The molecule has 1 saturated carbocycles. The number of phenolic OH excluding ortho intramolecular Hbond substituents is 1. The lowest BCUT2D eigenvalue weighted by atomic mass is 9.57. The van der Waals surface area contributed by atoms with Gasteiger partial charge in [-0.25, -0.2) is 0 Å². The van der Waals surface area contributed by atoms with Gasteiger partial charge in [-0.05, 0) is 61.4 Å². The molecule has 16 heavy (non-hydrogen) atoms. The third-order valence-corrected chi connectivity index (χ3v) is 4.51. The number of rotatable bonds is 2. The molecule has 1 atom stereocenters. The molecule has 1 unspecified atom stereocenters. The maximum atomic E-state index is 9.62. The summed E-state index contributed by atoms with van der Waals surface area (Å²) in [6, 6.07) is 7.91. The second-order valence-electron chi connectivity index (χ2n) is 5.25. The summed E-state index contributed by atoms with van der Waals surface area (Å²) < 4.78 is 0. The fourth-order valence-electron chi connectivity index (χ4n) is 3.43. The number of phenols is 1. The van der Waals surface area contributed by atoms with Crippen molar-refractivity contribution in [2.45, 2.75) is 31.1 Å². The average molecular weight is 217 g/mol. The molecule has 0 amide bonds. The molecule has 0 bridgehead atoms. The highest BCUT2D eigenvalue weighted by Crippen LogP contribution is 2.51. The van der Waals surface area contributed by atoms with Gasteiger partial charge >= 0.3 is 0 Å². The van der Waals surface area contributed by atoms with Crippen molar-refractivity contribution in [3.8, 4) is 5.75 Å². The minimum absolute atomic E-state index is 0.363. The van der Waals surface area contributed by atoms with Gasteiger partial charge in [0.2, 0.25) is 0 Å². The molecule has 2 heteroatoms. The molecule has 1 saturated heterocycles. The Labute approximate surface area is 96.7 Å². The van der Waals surface area contributed by atoms with Gasteiger partial charge in [0.05, 0.1) is 0 Å². The minimum atomic E-state index is 0.363. The van der Waals surface area contributed by atoms with Crippen LogP contribution in [0.2, 0.25) is 0 Å². The van der Waals surface area contributed by atoms with E-state index in [9.17, 15) is 5.11 Å². The number of benzene rings is 1. The maximum absolute atomic E-state index is 9.62. The molecule has 1 aliphatic heterocycles. The van der Waals surface area contributed by atoms with Crippen LogP contribution in [0.3, 0.4) is 0 Å². The molecule has 0 radical (unpaired) electrons. The van der Waals surface area contributed by atoms with Crippen LogP contribution in [0.25, 0.3) is 0 Å². The highest BCUT2D eigenvalue weighted by atomic mass is 16.3. The molecule has 0 aromatic heterocycles. The largest absolute Gasteiger partial charge is 0.508 e. The Morgan fingerprint density at radius 1 is 1.31 bits per heavy atom. The summed E-state index contributed by atoms with van der Waals surface area (Å²) in [6.07, 6.45) is 5.22. The third-order valence-electron chi connectivity index (χ3n) is 4.51. The van der Waals surface area contributed by atoms with Gasteiger partial charge < -0.3 is 10.4 Å². The van der Waals surface area contributed by atoms with Crippen molar-refractivity contribution in [1.82, 2.24) is 5.32 Å². The van der Waals surface area contributed by atoms with Crippen molar-refractivity contribution in [3.05, 3.63) is 29.8 Å². The van der Waals surface area contributed by atoms with Crippen LogP contribution in [0.15, 0.2) is 24.3 Å². The first kappa shape index (κ1) is 10.2. The fraction of sp³-hybridized carbons (Fsp3) is 0.571.